The highest BCUT2D eigenvalue weighted by Gasteiger charge is 2.12. The van der Waals surface area contributed by atoms with Crippen LogP contribution in [0.15, 0.2) is 34.3 Å². The molecule has 3 heterocycles. The lowest BCUT2D eigenvalue weighted by molar-refractivity contribution is 0.431. The van der Waals surface area contributed by atoms with E-state index in [-0.39, 0.29) is 0 Å². The number of aromatic amines is 1. The molecule has 0 aliphatic heterocycles. The number of nitriles is 1. The zero-order valence-corrected chi connectivity index (χ0v) is 9.36. The molecule has 0 saturated heterocycles. The summed E-state index contributed by atoms with van der Waals surface area (Å²) >= 11 is 1.55. The standard InChI is InChI=1S/C11H6N4OS/c12-5-7-4-8(13-6-7)11-14-10(15-16-11)9-2-1-3-17-9/h1-4,6,13H. The molecule has 0 spiro atoms. The molecule has 0 saturated carbocycles. The first-order chi connectivity index (χ1) is 8.36. The maximum Gasteiger partial charge on any atom is 0.274 e. The molecule has 0 radical (unpaired) electrons. The van der Waals surface area contributed by atoms with E-state index in [2.05, 4.69) is 15.1 Å². The summed E-state index contributed by atoms with van der Waals surface area (Å²) in [5.41, 5.74) is 1.19. The maximum absolute atomic E-state index is 8.72. The van der Waals surface area contributed by atoms with Crippen LogP contribution in [0.1, 0.15) is 5.56 Å². The number of hydrogen-bond donors (Lipinski definition) is 1. The number of hydrogen-bond acceptors (Lipinski definition) is 5. The molecule has 0 bridgehead atoms. The van der Waals surface area contributed by atoms with E-state index in [1.807, 2.05) is 23.6 Å². The molecular weight excluding hydrogens is 236 g/mol. The monoisotopic (exact) mass is 242 g/mol. The van der Waals surface area contributed by atoms with Crippen LogP contribution in [0.5, 0.6) is 0 Å². The van der Waals surface area contributed by atoms with Gasteiger partial charge in [0.25, 0.3) is 5.89 Å². The molecule has 3 aromatic heterocycles. The molecule has 0 aliphatic carbocycles. The summed E-state index contributed by atoms with van der Waals surface area (Å²) in [4.78, 5) is 8.13. The highest BCUT2D eigenvalue weighted by atomic mass is 32.1. The van der Waals surface area contributed by atoms with Crippen LogP contribution in [0, 0.1) is 11.3 Å². The molecular formula is C11H6N4OS. The number of nitrogens with zero attached hydrogens (tertiary/aromatic N) is 3. The molecule has 0 atom stereocenters. The van der Waals surface area contributed by atoms with Crippen LogP contribution >= 0.6 is 11.3 Å². The third-order valence-electron chi connectivity index (χ3n) is 2.21. The van der Waals surface area contributed by atoms with E-state index < -0.39 is 0 Å². The van der Waals surface area contributed by atoms with Crippen LogP contribution in [-0.4, -0.2) is 15.1 Å². The van der Waals surface area contributed by atoms with Crippen molar-refractivity contribution >= 4 is 11.3 Å². The molecule has 0 aromatic carbocycles. The summed E-state index contributed by atoms with van der Waals surface area (Å²) < 4.78 is 5.14. The fraction of sp³-hybridized carbons (Fsp3) is 0. The number of nitrogens with one attached hydrogen (secondary N) is 1. The Bertz CT molecular complexity index is 674. The van der Waals surface area contributed by atoms with Crippen LogP contribution in [-0.2, 0) is 0 Å². The summed E-state index contributed by atoms with van der Waals surface area (Å²) in [7, 11) is 0. The number of aromatic nitrogens is 3. The summed E-state index contributed by atoms with van der Waals surface area (Å²) in [5.74, 6) is 0.943. The average Bonchev–Trinajstić information content (AvgIpc) is 3.09. The Morgan fingerprint density at radius 3 is 3.12 bits per heavy atom. The van der Waals surface area contributed by atoms with Crippen molar-refractivity contribution in [3.8, 4) is 28.4 Å². The molecule has 3 aromatic rings. The van der Waals surface area contributed by atoms with Gasteiger partial charge >= 0.3 is 0 Å². The minimum absolute atomic E-state index is 0.384. The quantitative estimate of drug-likeness (QED) is 0.749. The SMILES string of the molecule is N#Cc1c[nH]c(-c2nc(-c3cccs3)no2)c1. The Morgan fingerprint density at radius 1 is 1.47 bits per heavy atom. The zero-order chi connectivity index (χ0) is 11.7. The molecule has 0 aliphatic rings. The number of thiophene rings is 1. The molecule has 0 fully saturated rings. The topological polar surface area (TPSA) is 78.5 Å². The lowest BCUT2D eigenvalue weighted by atomic mass is 10.3. The van der Waals surface area contributed by atoms with Gasteiger partial charge in [-0.2, -0.15) is 10.2 Å². The van der Waals surface area contributed by atoms with E-state index in [9.17, 15) is 0 Å². The second kappa shape index (κ2) is 3.88. The van der Waals surface area contributed by atoms with E-state index in [0.717, 1.165) is 4.88 Å². The summed E-state index contributed by atoms with van der Waals surface area (Å²) in [6, 6.07) is 7.56. The highest BCUT2D eigenvalue weighted by molar-refractivity contribution is 7.13. The van der Waals surface area contributed by atoms with E-state index >= 15 is 0 Å². The van der Waals surface area contributed by atoms with Crippen molar-refractivity contribution in [3.05, 3.63) is 35.3 Å². The van der Waals surface area contributed by atoms with Crippen molar-refractivity contribution < 1.29 is 4.52 Å². The lowest BCUT2D eigenvalue weighted by Gasteiger charge is -1.84. The Morgan fingerprint density at radius 2 is 2.41 bits per heavy atom. The van der Waals surface area contributed by atoms with Crippen LogP contribution < -0.4 is 0 Å². The fourth-order valence-electron chi connectivity index (χ4n) is 1.42. The average molecular weight is 242 g/mol. The molecule has 0 unspecified atom stereocenters. The smallest absolute Gasteiger partial charge is 0.274 e. The molecule has 5 nitrogen and oxygen atoms in total. The summed E-state index contributed by atoms with van der Waals surface area (Å²) in [6.45, 7) is 0. The first-order valence-corrected chi connectivity index (χ1v) is 5.71. The van der Waals surface area contributed by atoms with Gasteiger partial charge in [0.05, 0.1) is 10.4 Å². The van der Waals surface area contributed by atoms with Crippen molar-refractivity contribution in [2.45, 2.75) is 0 Å². The molecule has 17 heavy (non-hydrogen) atoms. The van der Waals surface area contributed by atoms with Gasteiger partial charge in [0.15, 0.2) is 0 Å². The minimum Gasteiger partial charge on any atom is -0.356 e. The maximum atomic E-state index is 8.72. The normalized spacial score (nSPS) is 10.3. The van der Waals surface area contributed by atoms with E-state index in [1.165, 1.54) is 0 Å². The van der Waals surface area contributed by atoms with Gasteiger partial charge in [-0.1, -0.05) is 11.2 Å². The van der Waals surface area contributed by atoms with E-state index in [4.69, 9.17) is 9.78 Å². The largest absolute Gasteiger partial charge is 0.356 e. The number of H-pyrrole nitrogens is 1. The van der Waals surface area contributed by atoms with Crippen molar-refractivity contribution in [3.63, 3.8) is 0 Å². The number of rotatable bonds is 2. The lowest BCUT2D eigenvalue weighted by Crippen LogP contribution is -1.77. The summed E-state index contributed by atoms with van der Waals surface area (Å²) in [6.07, 6.45) is 1.60. The van der Waals surface area contributed by atoms with Crippen LogP contribution in [0.25, 0.3) is 22.3 Å². The molecule has 82 valence electrons. The fourth-order valence-corrected chi connectivity index (χ4v) is 2.07. The van der Waals surface area contributed by atoms with Gasteiger partial charge in [0.2, 0.25) is 5.82 Å². The van der Waals surface area contributed by atoms with E-state index in [0.29, 0.717) is 23.0 Å². The highest BCUT2D eigenvalue weighted by Crippen LogP contribution is 2.24. The molecule has 1 N–H and O–H groups in total. The van der Waals surface area contributed by atoms with Gasteiger partial charge in [-0.15, -0.1) is 11.3 Å². The zero-order valence-electron chi connectivity index (χ0n) is 8.54. The van der Waals surface area contributed by atoms with Gasteiger partial charge in [-0.25, -0.2) is 0 Å². The second-order valence-electron chi connectivity index (χ2n) is 3.31. The van der Waals surface area contributed by atoms with Gasteiger partial charge in [0, 0.05) is 6.20 Å². The van der Waals surface area contributed by atoms with Gasteiger partial charge in [-0.3, -0.25) is 0 Å². The third kappa shape index (κ3) is 1.73. The first-order valence-electron chi connectivity index (χ1n) is 4.83. The van der Waals surface area contributed by atoms with E-state index in [1.54, 1.807) is 23.6 Å². The van der Waals surface area contributed by atoms with Crippen molar-refractivity contribution in [1.82, 2.24) is 15.1 Å². The van der Waals surface area contributed by atoms with Crippen LogP contribution in [0.4, 0.5) is 0 Å². The van der Waals surface area contributed by atoms with Crippen molar-refractivity contribution in [1.29, 1.82) is 5.26 Å². The Labute approximate surface area is 100 Å². The summed E-state index contributed by atoms with van der Waals surface area (Å²) in [5, 5.41) is 14.6. The van der Waals surface area contributed by atoms with Crippen molar-refractivity contribution in [2.75, 3.05) is 0 Å². The van der Waals surface area contributed by atoms with Gasteiger partial charge < -0.3 is 9.51 Å². The first kappa shape index (κ1) is 9.81. The molecule has 3 rings (SSSR count). The third-order valence-corrected chi connectivity index (χ3v) is 3.08. The second-order valence-corrected chi connectivity index (χ2v) is 4.26. The predicted molar refractivity (Wildman–Crippen MR) is 62.1 cm³/mol. The van der Waals surface area contributed by atoms with Crippen LogP contribution in [0.2, 0.25) is 0 Å². The Balaban J connectivity index is 1.98. The Hall–Kier alpha value is -2.39. The van der Waals surface area contributed by atoms with Crippen LogP contribution in [0.3, 0.4) is 0 Å². The van der Waals surface area contributed by atoms with Gasteiger partial charge in [0.1, 0.15) is 11.8 Å². The van der Waals surface area contributed by atoms with Gasteiger partial charge in [-0.05, 0) is 17.5 Å². The molecule has 0 amide bonds. The predicted octanol–water partition coefficient (Wildman–Crippen LogP) is 2.66. The minimum atomic E-state index is 0.384. The molecule has 6 heteroatoms. The van der Waals surface area contributed by atoms with Crippen molar-refractivity contribution in [2.24, 2.45) is 0 Å². The Kier molecular flexibility index (Phi) is 2.24.